The van der Waals surface area contributed by atoms with Crippen molar-refractivity contribution >= 4 is 17.2 Å². The monoisotopic (exact) mass is 350 g/mol. The van der Waals surface area contributed by atoms with Crippen LogP contribution >= 0.6 is 17.2 Å². The summed E-state index contributed by atoms with van der Waals surface area (Å²) in [6.07, 6.45) is 18.8. The predicted octanol–water partition coefficient (Wildman–Crippen LogP) is 8.31. The van der Waals surface area contributed by atoms with E-state index in [9.17, 15) is 0 Å². The van der Waals surface area contributed by atoms with Crippen molar-refractivity contribution in [3.63, 3.8) is 0 Å². The Labute approximate surface area is 146 Å². The maximum atomic E-state index is 7.72. The molecule has 0 saturated heterocycles. The molecule has 1 atom stereocenters. The summed E-state index contributed by atoms with van der Waals surface area (Å²) in [5.74, 6) is -1.13. The molecule has 0 spiro atoms. The van der Waals surface area contributed by atoms with Crippen LogP contribution in [-0.2, 0) is 0 Å². The van der Waals surface area contributed by atoms with Crippen molar-refractivity contribution in [2.24, 2.45) is 5.92 Å². The van der Waals surface area contributed by atoms with Crippen molar-refractivity contribution < 1.29 is 0 Å². The Kier molecular flexibility index (Phi) is 12.5. The van der Waals surface area contributed by atoms with Crippen LogP contribution < -0.4 is 0 Å². The van der Waals surface area contributed by atoms with Gasteiger partial charge < -0.3 is 0 Å². The first-order valence-electron chi connectivity index (χ1n) is 10.2. The Bertz CT molecular complexity index is 240. The van der Waals surface area contributed by atoms with E-state index in [2.05, 4.69) is 34.6 Å². The van der Waals surface area contributed by atoms with Gasteiger partial charge in [0.15, 0.2) is 0 Å². The van der Waals surface area contributed by atoms with Gasteiger partial charge in [-0.15, -0.1) is 0 Å². The van der Waals surface area contributed by atoms with Gasteiger partial charge in [-0.25, -0.2) is 0 Å². The first-order chi connectivity index (χ1) is 10.5. The second kappa shape index (κ2) is 12.1. The van der Waals surface area contributed by atoms with Gasteiger partial charge in [-0.2, -0.15) is 0 Å². The van der Waals surface area contributed by atoms with Crippen molar-refractivity contribution in [2.75, 3.05) is 24.6 Å². The zero-order chi connectivity index (χ0) is 16.9. The Morgan fingerprint density at radius 1 is 0.682 bits per heavy atom. The molecule has 0 N–H and O–H groups in total. The summed E-state index contributed by atoms with van der Waals surface area (Å²) in [6, 6.07) is 0. The van der Waals surface area contributed by atoms with E-state index in [-0.39, 0.29) is 0 Å². The van der Waals surface area contributed by atoms with Gasteiger partial charge in [-0.1, -0.05) is 0 Å². The van der Waals surface area contributed by atoms with Gasteiger partial charge in [0.05, 0.1) is 0 Å². The fourth-order valence-electron chi connectivity index (χ4n) is 3.83. The van der Waals surface area contributed by atoms with Crippen LogP contribution in [0.5, 0.6) is 0 Å². The van der Waals surface area contributed by atoms with Gasteiger partial charge in [0.2, 0.25) is 0 Å². The Morgan fingerprint density at radius 2 is 1.09 bits per heavy atom. The van der Waals surface area contributed by atoms with Gasteiger partial charge in [0.25, 0.3) is 0 Å². The van der Waals surface area contributed by atoms with E-state index in [0.29, 0.717) is 0 Å². The van der Waals surface area contributed by atoms with Crippen molar-refractivity contribution in [1.82, 2.24) is 0 Å². The van der Waals surface area contributed by atoms with E-state index in [1.54, 1.807) is 0 Å². The number of rotatable bonds is 15. The van der Waals surface area contributed by atoms with E-state index in [1.807, 2.05) is 0 Å². The number of hydrogen-bond donors (Lipinski definition) is 0. The zero-order valence-corrected chi connectivity index (χ0v) is 18.0. The van der Waals surface area contributed by atoms with Crippen LogP contribution in [-0.4, -0.2) is 24.6 Å². The second-order valence-corrected chi connectivity index (χ2v) is 15.9. The molecule has 0 saturated carbocycles. The summed E-state index contributed by atoms with van der Waals surface area (Å²) in [6.45, 7) is 11.7. The van der Waals surface area contributed by atoms with Crippen LogP contribution in [0.25, 0.3) is 0 Å². The fourth-order valence-corrected chi connectivity index (χ4v) is 11.8. The summed E-state index contributed by atoms with van der Waals surface area (Å²) >= 11 is 7.72. The summed E-state index contributed by atoms with van der Waals surface area (Å²) in [4.78, 5) is 0. The minimum absolute atomic E-state index is 0.876. The SMILES string of the molecule is CCCCC(CC)CP(Cl)(CCCC)(CCCC)CCCC. The molecular weight excluding hydrogens is 307 g/mol. The van der Waals surface area contributed by atoms with Crippen LogP contribution in [0, 0.1) is 5.92 Å². The fraction of sp³-hybridized carbons (Fsp3) is 1.00. The van der Waals surface area contributed by atoms with E-state index in [1.165, 1.54) is 88.9 Å². The van der Waals surface area contributed by atoms with Crippen molar-refractivity contribution in [1.29, 1.82) is 0 Å². The predicted molar refractivity (Wildman–Crippen MR) is 110 cm³/mol. The Hall–Kier alpha value is 0.720. The van der Waals surface area contributed by atoms with Gasteiger partial charge in [0.1, 0.15) is 0 Å². The summed E-state index contributed by atoms with van der Waals surface area (Å²) in [5, 5.41) is 0. The molecule has 1 unspecified atom stereocenters. The van der Waals surface area contributed by atoms with Crippen LogP contribution in [0.3, 0.4) is 0 Å². The number of hydrogen-bond acceptors (Lipinski definition) is 0. The molecule has 0 rings (SSSR count). The standard InChI is InChI=1S/C20H44ClP/c1-6-11-15-20(10-5)19-22(21,16-12-7-2,17-13-8-3)18-14-9-4/h20H,6-19H2,1-5H3. The molecule has 0 aliphatic carbocycles. The number of halogens is 1. The molecule has 0 aromatic heterocycles. The molecule has 22 heavy (non-hydrogen) atoms. The maximum absolute atomic E-state index is 7.72. The Morgan fingerprint density at radius 3 is 1.41 bits per heavy atom. The third-order valence-electron chi connectivity index (χ3n) is 5.47. The molecule has 0 nitrogen and oxygen atoms in total. The quantitative estimate of drug-likeness (QED) is 0.260. The first kappa shape index (κ1) is 22.7. The van der Waals surface area contributed by atoms with Gasteiger partial charge >= 0.3 is 147 Å². The van der Waals surface area contributed by atoms with Crippen molar-refractivity contribution in [3.05, 3.63) is 0 Å². The molecule has 0 aliphatic rings. The van der Waals surface area contributed by atoms with Gasteiger partial charge in [-0.05, 0) is 0 Å². The van der Waals surface area contributed by atoms with Crippen molar-refractivity contribution in [2.45, 2.75) is 98.8 Å². The average Bonchev–Trinajstić information content (AvgIpc) is 2.54. The molecular formula is C20H44ClP. The van der Waals surface area contributed by atoms with Crippen LogP contribution in [0.4, 0.5) is 0 Å². The molecule has 0 bridgehead atoms. The van der Waals surface area contributed by atoms with Gasteiger partial charge in [0, 0.05) is 0 Å². The normalized spacial score (nSPS) is 15.5. The molecule has 2 heteroatoms. The van der Waals surface area contributed by atoms with E-state index < -0.39 is 5.96 Å². The minimum atomic E-state index is -2.01. The third kappa shape index (κ3) is 8.54. The third-order valence-corrected chi connectivity index (χ3v) is 13.1. The number of unbranched alkanes of at least 4 members (excludes halogenated alkanes) is 4. The van der Waals surface area contributed by atoms with Crippen LogP contribution in [0.15, 0.2) is 0 Å². The van der Waals surface area contributed by atoms with Gasteiger partial charge in [-0.3, -0.25) is 0 Å². The van der Waals surface area contributed by atoms with E-state index in [4.69, 9.17) is 11.2 Å². The van der Waals surface area contributed by atoms with Crippen LogP contribution in [0.2, 0.25) is 0 Å². The molecule has 0 heterocycles. The zero-order valence-electron chi connectivity index (χ0n) is 16.3. The summed E-state index contributed by atoms with van der Waals surface area (Å²) in [5.41, 5.74) is 0. The van der Waals surface area contributed by atoms with E-state index in [0.717, 1.165) is 5.92 Å². The molecule has 0 aromatic rings. The average molecular weight is 351 g/mol. The summed E-state index contributed by atoms with van der Waals surface area (Å²) in [7, 11) is 0. The molecule has 0 fully saturated rings. The molecule has 136 valence electrons. The van der Waals surface area contributed by atoms with E-state index >= 15 is 0 Å². The van der Waals surface area contributed by atoms with Crippen LogP contribution in [0.1, 0.15) is 98.8 Å². The first-order valence-corrected chi connectivity index (χ1v) is 14.1. The summed E-state index contributed by atoms with van der Waals surface area (Å²) < 4.78 is 0. The molecule has 0 amide bonds. The topological polar surface area (TPSA) is 0 Å². The molecule has 0 aromatic carbocycles. The molecule has 0 aliphatic heterocycles. The Balaban J connectivity index is 5.18. The second-order valence-electron chi connectivity index (χ2n) is 7.65. The molecule has 0 radical (unpaired) electrons. The van der Waals surface area contributed by atoms with Crippen molar-refractivity contribution in [3.8, 4) is 0 Å².